The topological polar surface area (TPSA) is 53.4 Å². The van der Waals surface area contributed by atoms with E-state index in [9.17, 15) is 14.3 Å². The van der Waals surface area contributed by atoms with Crippen molar-refractivity contribution in [2.45, 2.75) is 25.4 Å². The minimum Gasteiger partial charge on any atom is -0.391 e. The molecule has 1 aromatic carbocycles. The van der Waals surface area contributed by atoms with Gasteiger partial charge >= 0.3 is 0 Å². The van der Waals surface area contributed by atoms with Crippen LogP contribution in [-0.2, 0) is 6.42 Å². The van der Waals surface area contributed by atoms with Crippen LogP contribution in [0.2, 0.25) is 0 Å². The summed E-state index contributed by atoms with van der Waals surface area (Å²) in [5.74, 6) is -0.386. The van der Waals surface area contributed by atoms with Gasteiger partial charge < -0.3 is 10.0 Å². The summed E-state index contributed by atoms with van der Waals surface area (Å²) in [6, 6.07) is 6.28. The smallest absolute Gasteiger partial charge is 0.273 e. The Morgan fingerprint density at radius 3 is 2.91 bits per heavy atom. The van der Waals surface area contributed by atoms with Gasteiger partial charge in [-0.3, -0.25) is 4.79 Å². The van der Waals surface area contributed by atoms with Crippen LogP contribution in [0.1, 0.15) is 33.9 Å². The first-order valence-corrected chi connectivity index (χ1v) is 8.16. The number of hydrogen-bond acceptors (Lipinski definition) is 4. The number of nitrogens with zero attached hydrogens (tertiary/aromatic N) is 2. The molecule has 1 aliphatic heterocycles. The number of thiazole rings is 1. The summed E-state index contributed by atoms with van der Waals surface area (Å²) < 4.78 is 12.9. The van der Waals surface area contributed by atoms with Crippen molar-refractivity contribution in [2.75, 3.05) is 13.1 Å². The summed E-state index contributed by atoms with van der Waals surface area (Å²) in [6.07, 6.45) is 1.71. The van der Waals surface area contributed by atoms with Gasteiger partial charge in [0.1, 0.15) is 11.5 Å². The summed E-state index contributed by atoms with van der Waals surface area (Å²) >= 11 is 1.43. The first kappa shape index (κ1) is 15.1. The highest BCUT2D eigenvalue weighted by Gasteiger charge is 2.24. The fraction of sp³-hybridized carbons (Fsp3) is 0.375. The second-order valence-corrected chi connectivity index (χ2v) is 6.42. The molecule has 116 valence electrons. The van der Waals surface area contributed by atoms with Crippen molar-refractivity contribution in [1.82, 2.24) is 9.88 Å². The fourth-order valence-corrected chi connectivity index (χ4v) is 3.37. The van der Waals surface area contributed by atoms with Gasteiger partial charge in [0.25, 0.3) is 5.91 Å². The number of aliphatic hydroxyl groups excluding tert-OH is 1. The second-order valence-electron chi connectivity index (χ2n) is 5.48. The van der Waals surface area contributed by atoms with Gasteiger partial charge in [-0.25, -0.2) is 9.37 Å². The van der Waals surface area contributed by atoms with Crippen molar-refractivity contribution < 1.29 is 14.3 Å². The molecule has 1 aliphatic rings. The largest absolute Gasteiger partial charge is 0.391 e. The number of aliphatic hydroxyl groups is 1. The van der Waals surface area contributed by atoms with Gasteiger partial charge in [-0.15, -0.1) is 11.3 Å². The minimum absolute atomic E-state index is 0.125. The quantitative estimate of drug-likeness (QED) is 0.945. The van der Waals surface area contributed by atoms with Gasteiger partial charge in [-0.05, 0) is 30.5 Å². The van der Waals surface area contributed by atoms with E-state index in [0.717, 1.165) is 23.4 Å². The van der Waals surface area contributed by atoms with E-state index in [0.29, 0.717) is 25.2 Å². The Bertz CT molecular complexity index is 656. The molecular weight excluding hydrogens is 303 g/mol. The Labute approximate surface area is 132 Å². The molecule has 0 radical (unpaired) electrons. The Morgan fingerprint density at radius 2 is 2.18 bits per heavy atom. The number of likely N-dealkylation sites (tertiary alicyclic amines) is 1. The highest BCUT2D eigenvalue weighted by Crippen LogP contribution is 2.18. The highest BCUT2D eigenvalue weighted by molar-refractivity contribution is 7.09. The van der Waals surface area contributed by atoms with Crippen LogP contribution in [0.4, 0.5) is 4.39 Å². The van der Waals surface area contributed by atoms with Crippen LogP contribution in [0, 0.1) is 5.82 Å². The van der Waals surface area contributed by atoms with Crippen LogP contribution < -0.4 is 0 Å². The molecule has 0 saturated carbocycles. The number of amides is 1. The molecule has 2 heterocycles. The lowest BCUT2D eigenvalue weighted by atomic mass is 10.1. The lowest BCUT2D eigenvalue weighted by Gasteiger charge is -2.29. The van der Waals surface area contributed by atoms with E-state index in [4.69, 9.17) is 0 Å². The zero-order chi connectivity index (χ0) is 15.5. The van der Waals surface area contributed by atoms with Crippen LogP contribution in [0.3, 0.4) is 0 Å². The molecule has 22 heavy (non-hydrogen) atoms. The average molecular weight is 320 g/mol. The minimum atomic E-state index is -0.435. The van der Waals surface area contributed by atoms with E-state index in [2.05, 4.69) is 4.98 Å². The lowest BCUT2D eigenvalue weighted by Crippen LogP contribution is -2.42. The molecule has 4 nitrogen and oxygen atoms in total. The second kappa shape index (κ2) is 6.54. The molecule has 1 aromatic heterocycles. The summed E-state index contributed by atoms with van der Waals surface area (Å²) in [7, 11) is 0. The number of halogens is 1. The average Bonchev–Trinajstić information content (AvgIpc) is 2.97. The van der Waals surface area contributed by atoms with Crippen LogP contribution in [-0.4, -0.2) is 40.1 Å². The number of carbonyl (C=O) groups is 1. The molecule has 3 rings (SSSR count). The van der Waals surface area contributed by atoms with Crippen molar-refractivity contribution in [3.05, 3.63) is 51.7 Å². The maximum absolute atomic E-state index is 12.9. The van der Waals surface area contributed by atoms with E-state index in [1.165, 1.54) is 23.5 Å². The molecule has 0 aliphatic carbocycles. The van der Waals surface area contributed by atoms with Crippen molar-refractivity contribution in [1.29, 1.82) is 0 Å². The molecule has 6 heteroatoms. The molecular formula is C16H17FN2O2S. The summed E-state index contributed by atoms with van der Waals surface area (Å²) in [5.41, 5.74) is 1.39. The predicted molar refractivity (Wildman–Crippen MR) is 82.5 cm³/mol. The molecule has 1 amide bonds. The number of hydrogen-bond donors (Lipinski definition) is 1. The van der Waals surface area contributed by atoms with Gasteiger partial charge in [-0.1, -0.05) is 12.1 Å². The first-order valence-electron chi connectivity index (χ1n) is 7.28. The molecule has 1 saturated heterocycles. The van der Waals surface area contributed by atoms with Gasteiger partial charge in [0.15, 0.2) is 0 Å². The third-order valence-electron chi connectivity index (χ3n) is 3.72. The normalized spacial score (nSPS) is 18.5. The van der Waals surface area contributed by atoms with E-state index >= 15 is 0 Å². The third-order valence-corrected chi connectivity index (χ3v) is 4.57. The predicted octanol–water partition coefficient (Wildman–Crippen LogP) is 2.47. The number of aromatic nitrogens is 1. The molecule has 1 N–H and O–H groups in total. The molecule has 1 unspecified atom stereocenters. The third kappa shape index (κ3) is 3.51. The zero-order valence-electron chi connectivity index (χ0n) is 12.0. The number of piperidine rings is 1. The number of β-amino-alcohol motifs (C(OH)–C–C–N with tert-alkyl or cyclic N) is 1. The van der Waals surface area contributed by atoms with Crippen molar-refractivity contribution >= 4 is 17.2 Å². The van der Waals surface area contributed by atoms with E-state index < -0.39 is 6.10 Å². The van der Waals surface area contributed by atoms with Crippen LogP contribution in [0.5, 0.6) is 0 Å². The van der Waals surface area contributed by atoms with Crippen molar-refractivity contribution in [3.8, 4) is 0 Å². The van der Waals surface area contributed by atoms with E-state index in [-0.39, 0.29) is 11.7 Å². The Kier molecular flexibility index (Phi) is 4.49. The van der Waals surface area contributed by atoms with Crippen LogP contribution >= 0.6 is 11.3 Å². The van der Waals surface area contributed by atoms with E-state index in [1.807, 2.05) is 0 Å². The standard InChI is InChI=1S/C16H17FN2O2S/c17-12-5-3-11(4-6-12)8-15-18-14(10-22-15)16(21)19-7-1-2-13(20)9-19/h3-6,10,13,20H,1-2,7-9H2. The van der Waals surface area contributed by atoms with Crippen LogP contribution in [0.15, 0.2) is 29.6 Å². The number of benzene rings is 1. The summed E-state index contributed by atoms with van der Waals surface area (Å²) in [4.78, 5) is 18.4. The molecule has 0 spiro atoms. The molecule has 1 fully saturated rings. The number of rotatable bonds is 3. The van der Waals surface area contributed by atoms with Gasteiger partial charge in [0.05, 0.1) is 11.1 Å². The van der Waals surface area contributed by atoms with E-state index in [1.54, 1.807) is 22.4 Å². The zero-order valence-corrected chi connectivity index (χ0v) is 12.9. The fourth-order valence-electron chi connectivity index (χ4n) is 2.57. The maximum atomic E-state index is 12.9. The number of carbonyl (C=O) groups excluding carboxylic acids is 1. The highest BCUT2D eigenvalue weighted by atomic mass is 32.1. The Morgan fingerprint density at radius 1 is 1.41 bits per heavy atom. The van der Waals surface area contributed by atoms with Gasteiger partial charge in [-0.2, -0.15) is 0 Å². The lowest BCUT2D eigenvalue weighted by molar-refractivity contribution is 0.0469. The summed E-state index contributed by atoms with van der Waals surface area (Å²) in [6.45, 7) is 1.05. The Hall–Kier alpha value is -1.79. The first-order chi connectivity index (χ1) is 10.6. The summed E-state index contributed by atoms with van der Waals surface area (Å²) in [5, 5.41) is 12.2. The van der Waals surface area contributed by atoms with Gasteiger partial charge in [0.2, 0.25) is 0 Å². The van der Waals surface area contributed by atoms with Gasteiger partial charge in [0, 0.05) is 24.9 Å². The monoisotopic (exact) mass is 320 g/mol. The molecule has 0 bridgehead atoms. The molecule has 1 atom stereocenters. The molecule has 2 aromatic rings. The SMILES string of the molecule is O=C(c1csc(Cc2ccc(F)cc2)n1)N1CCCC(O)C1. The van der Waals surface area contributed by atoms with Crippen molar-refractivity contribution in [3.63, 3.8) is 0 Å². The maximum Gasteiger partial charge on any atom is 0.273 e. The van der Waals surface area contributed by atoms with Crippen molar-refractivity contribution in [2.24, 2.45) is 0 Å². The Balaban J connectivity index is 1.67. The van der Waals surface area contributed by atoms with Crippen LogP contribution in [0.25, 0.3) is 0 Å².